The third kappa shape index (κ3) is 3.30. The second kappa shape index (κ2) is 6.37. The van der Waals surface area contributed by atoms with Gasteiger partial charge in [0.15, 0.2) is 10.8 Å². The summed E-state index contributed by atoms with van der Waals surface area (Å²) in [6.45, 7) is 1.92. The van der Waals surface area contributed by atoms with Crippen molar-refractivity contribution in [3.05, 3.63) is 35.1 Å². The van der Waals surface area contributed by atoms with Crippen LogP contribution in [0.3, 0.4) is 0 Å². The van der Waals surface area contributed by atoms with E-state index in [4.69, 9.17) is 0 Å². The van der Waals surface area contributed by atoms with E-state index in [0.717, 1.165) is 10.4 Å². The summed E-state index contributed by atoms with van der Waals surface area (Å²) in [5.41, 5.74) is 1.74. The van der Waals surface area contributed by atoms with E-state index in [0.29, 0.717) is 26.8 Å². The van der Waals surface area contributed by atoms with Gasteiger partial charge in [-0.3, -0.25) is 4.79 Å². The van der Waals surface area contributed by atoms with Crippen molar-refractivity contribution in [2.45, 2.75) is 12.1 Å². The first-order valence-corrected chi connectivity index (χ1v) is 9.05. The molecule has 126 valence electrons. The van der Waals surface area contributed by atoms with Gasteiger partial charge in [0.2, 0.25) is 11.1 Å². The predicted molar refractivity (Wildman–Crippen MR) is 95.4 cm³/mol. The van der Waals surface area contributed by atoms with Gasteiger partial charge in [0.1, 0.15) is 11.3 Å². The molecule has 0 spiro atoms. The Labute approximate surface area is 149 Å². The van der Waals surface area contributed by atoms with Crippen molar-refractivity contribution in [3.8, 4) is 0 Å². The molecule has 3 heterocycles. The van der Waals surface area contributed by atoms with Crippen LogP contribution in [0.2, 0.25) is 0 Å². The number of benzene rings is 1. The smallest absolute Gasteiger partial charge is 0.236 e. The minimum atomic E-state index is -0.345. The van der Waals surface area contributed by atoms with Crippen molar-refractivity contribution in [1.82, 2.24) is 25.1 Å². The van der Waals surface area contributed by atoms with Crippen LogP contribution in [0.4, 0.5) is 9.52 Å². The van der Waals surface area contributed by atoms with E-state index < -0.39 is 0 Å². The van der Waals surface area contributed by atoms with Gasteiger partial charge in [-0.25, -0.2) is 14.4 Å². The molecule has 25 heavy (non-hydrogen) atoms. The predicted octanol–water partition coefficient (Wildman–Crippen LogP) is 3.14. The molecular formula is C15H11FN6OS2. The second-order valence-electron chi connectivity index (χ2n) is 5.22. The molecule has 7 nitrogen and oxygen atoms in total. The third-order valence-electron chi connectivity index (χ3n) is 3.36. The maximum atomic E-state index is 13.4. The molecule has 0 aliphatic heterocycles. The lowest BCUT2D eigenvalue weighted by Crippen LogP contribution is -2.14. The number of hydrogen-bond acceptors (Lipinski definition) is 7. The summed E-state index contributed by atoms with van der Waals surface area (Å²) in [5, 5.41) is 12.4. The molecule has 0 aliphatic rings. The second-order valence-corrected chi connectivity index (χ2v) is 7.40. The van der Waals surface area contributed by atoms with Crippen molar-refractivity contribution in [2.24, 2.45) is 0 Å². The minimum Gasteiger partial charge on any atom is -0.338 e. The normalized spacial score (nSPS) is 11.3. The topological polar surface area (TPSA) is 96.5 Å². The average molecular weight is 374 g/mol. The van der Waals surface area contributed by atoms with Gasteiger partial charge in [0, 0.05) is 22.0 Å². The Balaban J connectivity index is 1.50. The summed E-state index contributed by atoms with van der Waals surface area (Å²) in [6.07, 6.45) is 1.70. The number of aromatic amines is 1. The number of aromatic nitrogens is 5. The molecule has 0 bridgehead atoms. The van der Waals surface area contributed by atoms with Crippen LogP contribution in [0.1, 0.15) is 4.88 Å². The summed E-state index contributed by atoms with van der Waals surface area (Å²) in [5.74, 6) is -0.398. The summed E-state index contributed by atoms with van der Waals surface area (Å²) in [7, 11) is 0. The fraction of sp³-hybridized carbons (Fsp3) is 0.133. The minimum absolute atomic E-state index is 0.140. The molecule has 0 saturated heterocycles. The highest BCUT2D eigenvalue weighted by molar-refractivity contribution is 7.99. The maximum Gasteiger partial charge on any atom is 0.236 e. The van der Waals surface area contributed by atoms with E-state index in [1.165, 1.54) is 35.2 Å². The van der Waals surface area contributed by atoms with Crippen LogP contribution in [-0.4, -0.2) is 36.8 Å². The number of thioether (sulfide) groups is 1. The van der Waals surface area contributed by atoms with Crippen LogP contribution in [0, 0.1) is 12.7 Å². The number of carbonyl (C=O) groups excluding carboxylic acids is 1. The molecule has 1 amide bonds. The SMILES string of the molecule is Cc1cnc(NC(=O)CSc2nnc3c(n2)[nH]c2ccc(F)cc23)s1. The number of rotatable bonds is 4. The molecule has 0 radical (unpaired) electrons. The zero-order valence-corrected chi connectivity index (χ0v) is 14.5. The van der Waals surface area contributed by atoms with Gasteiger partial charge in [-0.05, 0) is 25.1 Å². The van der Waals surface area contributed by atoms with Crippen LogP contribution in [0.25, 0.3) is 22.1 Å². The Hall–Kier alpha value is -2.59. The molecule has 0 aliphatic carbocycles. The monoisotopic (exact) mass is 374 g/mol. The molecule has 0 unspecified atom stereocenters. The van der Waals surface area contributed by atoms with Crippen LogP contribution < -0.4 is 5.32 Å². The third-order valence-corrected chi connectivity index (χ3v) is 5.02. The first kappa shape index (κ1) is 15.9. The number of carbonyl (C=O) groups is 1. The van der Waals surface area contributed by atoms with E-state index in [2.05, 4.69) is 30.5 Å². The fourth-order valence-electron chi connectivity index (χ4n) is 2.29. The number of thiazole rings is 1. The van der Waals surface area contributed by atoms with E-state index in [-0.39, 0.29) is 17.5 Å². The molecule has 3 aromatic heterocycles. The molecule has 0 saturated carbocycles. The van der Waals surface area contributed by atoms with E-state index >= 15 is 0 Å². The number of amides is 1. The van der Waals surface area contributed by atoms with Crippen molar-refractivity contribution in [2.75, 3.05) is 11.1 Å². The molecular weight excluding hydrogens is 363 g/mol. The molecule has 0 atom stereocenters. The van der Waals surface area contributed by atoms with Gasteiger partial charge in [0.25, 0.3) is 0 Å². The standard InChI is InChI=1S/C15H11FN6OS2/c1-7-5-17-14(25-7)19-11(23)6-24-15-20-13-12(21-22-15)9-4-8(16)2-3-10(9)18-13/h2-5H,6H2,1H3,(H,17,19,23)(H,18,20,22). The Morgan fingerprint density at radius 1 is 1.40 bits per heavy atom. The highest BCUT2D eigenvalue weighted by atomic mass is 32.2. The Morgan fingerprint density at radius 3 is 3.08 bits per heavy atom. The van der Waals surface area contributed by atoms with Gasteiger partial charge >= 0.3 is 0 Å². The number of anilines is 1. The summed E-state index contributed by atoms with van der Waals surface area (Å²) < 4.78 is 13.4. The number of hydrogen-bond donors (Lipinski definition) is 2. The molecule has 1 aromatic carbocycles. The van der Waals surface area contributed by atoms with Crippen molar-refractivity contribution < 1.29 is 9.18 Å². The number of aryl methyl sites for hydroxylation is 1. The van der Waals surface area contributed by atoms with Crippen molar-refractivity contribution in [3.63, 3.8) is 0 Å². The van der Waals surface area contributed by atoms with Gasteiger partial charge in [0.05, 0.1) is 5.75 Å². The zero-order valence-electron chi connectivity index (χ0n) is 12.9. The zero-order chi connectivity index (χ0) is 17.4. The number of halogens is 1. The van der Waals surface area contributed by atoms with Crippen LogP contribution in [0.5, 0.6) is 0 Å². The number of nitrogens with zero attached hydrogens (tertiary/aromatic N) is 4. The Bertz CT molecular complexity index is 1090. The first-order chi connectivity index (χ1) is 12.1. The van der Waals surface area contributed by atoms with E-state index in [9.17, 15) is 9.18 Å². The average Bonchev–Trinajstić information content (AvgIpc) is 3.15. The van der Waals surface area contributed by atoms with Gasteiger partial charge < -0.3 is 10.3 Å². The molecule has 0 fully saturated rings. The van der Waals surface area contributed by atoms with Crippen molar-refractivity contribution >= 4 is 56.2 Å². The van der Waals surface area contributed by atoms with E-state index in [1.54, 1.807) is 12.3 Å². The van der Waals surface area contributed by atoms with E-state index in [1.807, 2.05) is 6.92 Å². The summed E-state index contributed by atoms with van der Waals surface area (Å²) in [4.78, 5) is 24.5. The molecule has 10 heteroatoms. The Kier molecular flexibility index (Phi) is 4.06. The quantitative estimate of drug-likeness (QED) is 0.533. The molecule has 4 aromatic rings. The Morgan fingerprint density at radius 2 is 2.28 bits per heavy atom. The van der Waals surface area contributed by atoms with Crippen LogP contribution >= 0.6 is 23.1 Å². The number of nitrogens with one attached hydrogen (secondary N) is 2. The number of fused-ring (bicyclic) bond motifs is 3. The molecule has 4 rings (SSSR count). The summed E-state index contributed by atoms with van der Waals surface area (Å²) in [6, 6.07) is 4.39. The van der Waals surface area contributed by atoms with Gasteiger partial charge in [-0.2, -0.15) is 0 Å². The van der Waals surface area contributed by atoms with Crippen LogP contribution in [0.15, 0.2) is 29.6 Å². The lowest BCUT2D eigenvalue weighted by atomic mass is 10.2. The maximum absolute atomic E-state index is 13.4. The largest absolute Gasteiger partial charge is 0.338 e. The van der Waals surface area contributed by atoms with Crippen LogP contribution in [-0.2, 0) is 4.79 Å². The lowest BCUT2D eigenvalue weighted by Gasteiger charge is -2.00. The highest BCUT2D eigenvalue weighted by Crippen LogP contribution is 2.24. The first-order valence-electron chi connectivity index (χ1n) is 7.25. The van der Waals surface area contributed by atoms with Gasteiger partial charge in [-0.1, -0.05) is 11.8 Å². The number of H-pyrrole nitrogens is 1. The summed E-state index contributed by atoms with van der Waals surface area (Å²) >= 11 is 2.58. The highest BCUT2D eigenvalue weighted by Gasteiger charge is 2.12. The fourth-order valence-corrected chi connectivity index (χ4v) is 3.56. The van der Waals surface area contributed by atoms with Gasteiger partial charge in [-0.15, -0.1) is 21.5 Å². The lowest BCUT2D eigenvalue weighted by molar-refractivity contribution is -0.113. The van der Waals surface area contributed by atoms with Crippen molar-refractivity contribution in [1.29, 1.82) is 0 Å². The molecule has 2 N–H and O–H groups in total.